The third kappa shape index (κ3) is 2.89. The topological polar surface area (TPSA) is 55.5 Å². The number of hydrogen-bond acceptors (Lipinski definition) is 3. The van der Waals surface area contributed by atoms with Gasteiger partial charge in [0.05, 0.1) is 4.92 Å². The highest BCUT2D eigenvalue weighted by Gasteiger charge is 2.56. The molecule has 1 aromatic carbocycles. The Kier molecular flexibility index (Phi) is 3.49. The molecule has 4 nitrogen and oxygen atoms in total. The van der Waals surface area contributed by atoms with Crippen LogP contribution in [0.25, 0.3) is 0 Å². The summed E-state index contributed by atoms with van der Waals surface area (Å²) in [6.07, 6.45) is 9.25. The Balaban J connectivity index is 1.45. The van der Waals surface area contributed by atoms with Gasteiger partial charge < -0.3 is 0 Å². The Bertz CT molecular complexity index is 641. The fourth-order valence-corrected chi connectivity index (χ4v) is 6.27. The van der Waals surface area contributed by atoms with Gasteiger partial charge in [0.1, 0.15) is 0 Å². The highest BCUT2D eigenvalue weighted by molar-refractivity contribution is 6.24. The van der Waals surface area contributed by atoms with E-state index in [9.17, 15) is 10.1 Å². The van der Waals surface area contributed by atoms with Gasteiger partial charge in [-0.3, -0.25) is 15.1 Å². The van der Waals surface area contributed by atoms with Gasteiger partial charge in [-0.2, -0.15) is 0 Å². The van der Waals surface area contributed by atoms with Crippen LogP contribution in [-0.2, 0) is 0 Å². The fraction of sp³-hybridized carbons (Fsp3) is 0.611. The van der Waals surface area contributed by atoms with E-state index in [0.717, 1.165) is 30.4 Å². The smallest absolute Gasteiger partial charge is 0.269 e. The van der Waals surface area contributed by atoms with Crippen LogP contribution < -0.4 is 0 Å². The molecule has 2 atom stereocenters. The van der Waals surface area contributed by atoms with Crippen LogP contribution in [0.2, 0.25) is 0 Å². The minimum atomic E-state index is -0.379. The molecular weight excluding hydrogens is 312 g/mol. The number of alkyl halides is 1. The second-order valence-electron chi connectivity index (χ2n) is 7.93. The molecule has 0 spiro atoms. The number of halogens is 1. The Morgan fingerprint density at radius 3 is 2.43 bits per heavy atom. The molecule has 2 unspecified atom stereocenters. The van der Waals surface area contributed by atoms with Crippen LogP contribution in [0.4, 0.5) is 5.69 Å². The van der Waals surface area contributed by atoms with Crippen LogP contribution in [0.1, 0.15) is 44.1 Å². The third-order valence-electron chi connectivity index (χ3n) is 5.88. The van der Waals surface area contributed by atoms with E-state index in [-0.39, 0.29) is 15.5 Å². The van der Waals surface area contributed by atoms with E-state index in [4.69, 9.17) is 11.6 Å². The molecule has 0 N–H and O–H groups in total. The zero-order valence-corrected chi connectivity index (χ0v) is 13.8. The van der Waals surface area contributed by atoms with Gasteiger partial charge in [0.25, 0.3) is 5.69 Å². The number of hydrogen-bond donors (Lipinski definition) is 0. The van der Waals surface area contributed by atoms with Crippen molar-refractivity contribution in [3.05, 3.63) is 39.9 Å². The number of nitro groups is 1. The lowest BCUT2D eigenvalue weighted by Crippen LogP contribution is -2.54. The average molecular weight is 333 g/mol. The standard InChI is InChI=1S/C18H21ClN2O2/c19-18-8-14-5-15(9-18)7-17(6-14,11-18)12-20-10-13-1-3-16(4-2-13)21(22)23/h1-4,10,14-15H,5-9,11-12H2. The van der Waals surface area contributed by atoms with E-state index < -0.39 is 0 Å². The summed E-state index contributed by atoms with van der Waals surface area (Å²) in [5, 5.41) is 10.7. The summed E-state index contributed by atoms with van der Waals surface area (Å²) in [6, 6.07) is 6.56. The lowest BCUT2D eigenvalue weighted by Gasteiger charge is -2.59. The van der Waals surface area contributed by atoms with Crippen molar-refractivity contribution in [2.75, 3.05) is 6.54 Å². The Hall–Kier alpha value is -1.42. The van der Waals surface area contributed by atoms with Crippen LogP contribution in [0.5, 0.6) is 0 Å². The monoisotopic (exact) mass is 332 g/mol. The van der Waals surface area contributed by atoms with Gasteiger partial charge >= 0.3 is 0 Å². The highest BCUT2D eigenvalue weighted by atomic mass is 35.5. The first-order chi connectivity index (χ1) is 11.0. The van der Waals surface area contributed by atoms with Crippen molar-refractivity contribution in [2.45, 2.75) is 43.4 Å². The van der Waals surface area contributed by atoms with E-state index in [2.05, 4.69) is 4.99 Å². The molecule has 1 aromatic rings. The number of non-ortho nitro benzene ring substituents is 1. The molecule has 0 heterocycles. The van der Waals surface area contributed by atoms with Crippen LogP contribution in [0.3, 0.4) is 0 Å². The van der Waals surface area contributed by atoms with Gasteiger partial charge in [0.2, 0.25) is 0 Å². The van der Waals surface area contributed by atoms with E-state index in [1.54, 1.807) is 12.1 Å². The van der Waals surface area contributed by atoms with Crippen molar-refractivity contribution >= 4 is 23.5 Å². The van der Waals surface area contributed by atoms with Crippen molar-refractivity contribution in [1.82, 2.24) is 0 Å². The van der Waals surface area contributed by atoms with Crippen LogP contribution >= 0.6 is 11.6 Å². The number of nitrogens with zero attached hydrogens (tertiary/aromatic N) is 2. The highest BCUT2D eigenvalue weighted by Crippen LogP contribution is 2.63. The quantitative estimate of drug-likeness (QED) is 0.350. The summed E-state index contributed by atoms with van der Waals surface area (Å²) < 4.78 is 0. The molecule has 5 heteroatoms. The fourth-order valence-electron chi connectivity index (χ4n) is 5.55. The first-order valence-corrected chi connectivity index (χ1v) is 8.76. The summed E-state index contributed by atoms with van der Waals surface area (Å²) in [5.74, 6) is 1.59. The van der Waals surface area contributed by atoms with E-state index in [1.807, 2.05) is 6.21 Å². The molecule has 0 aliphatic heterocycles. The number of aliphatic imine (C=N–C) groups is 1. The molecule has 5 rings (SSSR count). The van der Waals surface area contributed by atoms with Crippen LogP contribution in [0.15, 0.2) is 29.3 Å². The van der Waals surface area contributed by atoms with Crippen molar-refractivity contribution < 1.29 is 4.92 Å². The molecule has 23 heavy (non-hydrogen) atoms. The summed E-state index contributed by atoms with van der Waals surface area (Å²) in [6.45, 7) is 0.839. The summed E-state index contributed by atoms with van der Waals surface area (Å²) >= 11 is 6.85. The summed E-state index contributed by atoms with van der Waals surface area (Å²) in [7, 11) is 0. The zero-order chi connectivity index (χ0) is 16.1. The predicted octanol–water partition coefficient (Wildman–Crippen LogP) is 4.59. The summed E-state index contributed by atoms with van der Waals surface area (Å²) in [5.41, 5.74) is 1.33. The van der Waals surface area contributed by atoms with Gasteiger partial charge in [-0.1, -0.05) is 0 Å². The number of nitro benzene ring substituents is 1. The number of benzene rings is 1. The minimum Gasteiger partial charge on any atom is -0.292 e. The Morgan fingerprint density at radius 1 is 1.22 bits per heavy atom. The second-order valence-corrected chi connectivity index (χ2v) is 8.73. The average Bonchev–Trinajstić information content (AvgIpc) is 2.45. The molecule has 0 aromatic heterocycles. The van der Waals surface area contributed by atoms with Gasteiger partial charge in [-0.15, -0.1) is 11.6 Å². The second kappa shape index (κ2) is 5.30. The first kappa shape index (κ1) is 15.1. The Labute approximate surface area is 141 Å². The molecule has 0 radical (unpaired) electrons. The lowest BCUT2D eigenvalue weighted by atomic mass is 9.49. The molecule has 0 amide bonds. The molecule has 122 valence electrons. The largest absolute Gasteiger partial charge is 0.292 e. The van der Waals surface area contributed by atoms with Crippen molar-refractivity contribution in [3.63, 3.8) is 0 Å². The third-order valence-corrected chi connectivity index (χ3v) is 6.32. The molecular formula is C18H21ClN2O2. The normalized spacial score (nSPS) is 38.3. The van der Waals surface area contributed by atoms with Crippen molar-refractivity contribution in [1.29, 1.82) is 0 Å². The SMILES string of the molecule is O=[N+]([O-])c1ccc(C=NCC23CC4CC(CC(Cl)(C4)C2)C3)cc1. The number of rotatable bonds is 4. The predicted molar refractivity (Wildman–Crippen MR) is 91.3 cm³/mol. The summed E-state index contributed by atoms with van der Waals surface area (Å²) in [4.78, 5) is 15.0. The zero-order valence-electron chi connectivity index (χ0n) is 13.1. The van der Waals surface area contributed by atoms with Gasteiger partial charge in [0, 0.05) is 29.8 Å². The van der Waals surface area contributed by atoms with Crippen molar-refractivity contribution in [3.8, 4) is 0 Å². The van der Waals surface area contributed by atoms with E-state index in [0.29, 0.717) is 5.41 Å². The molecule has 4 fully saturated rings. The maximum atomic E-state index is 10.7. The maximum Gasteiger partial charge on any atom is 0.269 e. The molecule has 0 saturated heterocycles. The molecule has 4 aliphatic rings. The van der Waals surface area contributed by atoms with Crippen molar-refractivity contribution in [2.24, 2.45) is 22.2 Å². The van der Waals surface area contributed by atoms with Gasteiger partial charge in [-0.25, -0.2) is 0 Å². The van der Waals surface area contributed by atoms with Gasteiger partial charge in [0.15, 0.2) is 0 Å². The van der Waals surface area contributed by atoms with E-state index in [1.165, 1.54) is 44.2 Å². The first-order valence-electron chi connectivity index (χ1n) is 8.39. The van der Waals surface area contributed by atoms with Crippen LogP contribution in [0, 0.1) is 27.4 Å². The maximum absolute atomic E-state index is 10.7. The van der Waals surface area contributed by atoms with Gasteiger partial charge in [-0.05, 0) is 73.5 Å². The lowest BCUT2D eigenvalue weighted by molar-refractivity contribution is -0.384. The molecule has 4 aliphatic carbocycles. The molecule has 4 saturated carbocycles. The minimum absolute atomic E-state index is 0.0347. The van der Waals surface area contributed by atoms with E-state index >= 15 is 0 Å². The Morgan fingerprint density at radius 2 is 1.87 bits per heavy atom. The van der Waals surface area contributed by atoms with Crippen LogP contribution in [-0.4, -0.2) is 22.6 Å². The molecule has 4 bridgehead atoms.